The lowest BCUT2D eigenvalue weighted by atomic mass is 9.94. The molecule has 5 heteroatoms. The van der Waals surface area contributed by atoms with Crippen molar-refractivity contribution in [3.8, 4) is 0 Å². The number of ether oxygens (including phenoxy) is 1. The highest BCUT2D eigenvalue weighted by atomic mass is 16.6. The molecular formula is C20H26N2O3. The fourth-order valence-corrected chi connectivity index (χ4v) is 3.07. The van der Waals surface area contributed by atoms with Crippen molar-refractivity contribution in [3.05, 3.63) is 41.5 Å². The van der Waals surface area contributed by atoms with Crippen molar-refractivity contribution in [1.82, 2.24) is 10.2 Å². The Morgan fingerprint density at radius 1 is 1.32 bits per heavy atom. The van der Waals surface area contributed by atoms with Gasteiger partial charge >= 0.3 is 6.09 Å². The van der Waals surface area contributed by atoms with Crippen LogP contribution >= 0.6 is 0 Å². The van der Waals surface area contributed by atoms with Gasteiger partial charge in [-0.1, -0.05) is 43.7 Å². The van der Waals surface area contributed by atoms with Gasteiger partial charge in [0.15, 0.2) is 0 Å². The summed E-state index contributed by atoms with van der Waals surface area (Å²) in [6.07, 6.45) is 3.27. The molecule has 1 heterocycles. The van der Waals surface area contributed by atoms with Crippen molar-refractivity contribution >= 4 is 17.6 Å². The number of nitrogens with one attached hydrogen (secondary N) is 1. The lowest BCUT2D eigenvalue weighted by Crippen LogP contribution is -2.34. The van der Waals surface area contributed by atoms with Crippen molar-refractivity contribution in [1.29, 1.82) is 0 Å². The molecule has 2 amide bonds. The van der Waals surface area contributed by atoms with Crippen LogP contribution in [0.15, 0.2) is 30.3 Å². The largest absolute Gasteiger partial charge is 0.442 e. The smallest absolute Gasteiger partial charge is 0.410 e. The monoisotopic (exact) mass is 342 g/mol. The second-order valence-corrected chi connectivity index (χ2v) is 7.25. The molecule has 25 heavy (non-hydrogen) atoms. The SMILES string of the molecule is Cc1ccc(/C(=C/C(=O)NCC2CN(C3CC3)C(=O)O2)C(C)C)cc1. The molecule has 1 saturated carbocycles. The van der Waals surface area contributed by atoms with Crippen molar-refractivity contribution in [2.75, 3.05) is 13.1 Å². The summed E-state index contributed by atoms with van der Waals surface area (Å²) in [5.41, 5.74) is 3.25. The molecule has 2 aliphatic rings. The molecule has 1 aliphatic carbocycles. The summed E-state index contributed by atoms with van der Waals surface area (Å²) in [6.45, 7) is 7.12. The van der Waals surface area contributed by atoms with E-state index in [0.717, 1.165) is 24.0 Å². The van der Waals surface area contributed by atoms with Crippen LogP contribution < -0.4 is 5.32 Å². The average molecular weight is 342 g/mol. The number of allylic oxidation sites excluding steroid dienone is 1. The molecule has 1 aromatic carbocycles. The zero-order valence-electron chi connectivity index (χ0n) is 15.1. The normalized spacial score (nSPS) is 20.8. The molecule has 0 radical (unpaired) electrons. The summed E-state index contributed by atoms with van der Waals surface area (Å²) in [7, 11) is 0. The number of amides is 2. The van der Waals surface area contributed by atoms with Gasteiger partial charge in [-0.25, -0.2) is 4.79 Å². The number of nitrogens with zero attached hydrogens (tertiary/aromatic N) is 1. The quantitative estimate of drug-likeness (QED) is 0.808. The van der Waals surface area contributed by atoms with E-state index in [1.165, 1.54) is 5.56 Å². The van der Waals surface area contributed by atoms with Crippen LogP contribution in [-0.2, 0) is 9.53 Å². The van der Waals surface area contributed by atoms with E-state index in [1.807, 2.05) is 31.2 Å². The van der Waals surface area contributed by atoms with E-state index < -0.39 is 0 Å². The molecular weight excluding hydrogens is 316 g/mol. The van der Waals surface area contributed by atoms with Gasteiger partial charge in [0.25, 0.3) is 0 Å². The van der Waals surface area contributed by atoms with Gasteiger partial charge in [0.05, 0.1) is 13.1 Å². The maximum atomic E-state index is 12.3. The van der Waals surface area contributed by atoms with Crippen LogP contribution in [0.2, 0.25) is 0 Å². The van der Waals surface area contributed by atoms with Gasteiger partial charge in [-0.05, 0) is 36.8 Å². The minimum Gasteiger partial charge on any atom is -0.442 e. The second kappa shape index (κ2) is 7.30. The molecule has 1 atom stereocenters. The predicted octanol–water partition coefficient (Wildman–Crippen LogP) is 3.13. The van der Waals surface area contributed by atoms with Crippen molar-refractivity contribution < 1.29 is 14.3 Å². The fourth-order valence-electron chi connectivity index (χ4n) is 3.07. The number of rotatable bonds is 6. The first-order valence-corrected chi connectivity index (χ1v) is 8.97. The summed E-state index contributed by atoms with van der Waals surface area (Å²) < 4.78 is 5.33. The third kappa shape index (κ3) is 4.41. The minimum atomic E-state index is -0.257. The van der Waals surface area contributed by atoms with Crippen LogP contribution in [0.25, 0.3) is 5.57 Å². The van der Waals surface area contributed by atoms with Gasteiger partial charge in [0.1, 0.15) is 6.10 Å². The van der Waals surface area contributed by atoms with E-state index in [9.17, 15) is 9.59 Å². The third-order valence-corrected chi connectivity index (χ3v) is 4.69. The summed E-state index contributed by atoms with van der Waals surface area (Å²) in [6, 6.07) is 8.53. The Morgan fingerprint density at radius 3 is 2.60 bits per heavy atom. The number of hydrogen-bond acceptors (Lipinski definition) is 3. The molecule has 134 valence electrons. The molecule has 2 fully saturated rings. The summed E-state index contributed by atoms with van der Waals surface area (Å²) in [5.74, 6) is 0.0910. The van der Waals surface area contributed by atoms with Gasteiger partial charge in [-0.2, -0.15) is 0 Å². The molecule has 1 aromatic rings. The van der Waals surface area contributed by atoms with Crippen molar-refractivity contribution in [2.24, 2.45) is 5.92 Å². The maximum absolute atomic E-state index is 12.3. The lowest BCUT2D eigenvalue weighted by molar-refractivity contribution is -0.116. The Bertz CT molecular complexity index is 675. The number of carbonyl (C=O) groups excluding carboxylic acids is 2. The number of cyclic esters (lactones) is 1. The highest BCUT2D eigenvalue weighted by Crippen LogP contribution is 2.30. The van der Waals surface area contributed by atoms with Crippen LogP contribution in [0.5, 0.6) is 0 Å². The van der Waals surface area contributed by atoms with Crippen LogP contribution in [0, 0.1) is 12.8 Å². The van der Waals surface area contributed by atoms with E-state index >= 15 is 0 Å². The van der Waals surface area contributed by atoms with Crippen LogP contribution in [0.1, 0.15) is 37.8 Å². The van der Waals surface area contributed by atoms with Gasteiger partial charge in [-0.3, -0.25) is 4.79 Å². The summed E-state index contributed by atoms with van der Waals surface area (Å²) in [5, 5.41) is 2.87. The van der Waals surface area contributed by atoms with E-state index in [-0.39, 0.29) is 24.0 Å². The van der Waals surface area contributed by atoms with Crippen molar-refractivity contribution in [2.45, 2.75) is 45.8 Å². The standard InChI is InChI=1S/C20H26N2O3/c1-13(2)18(15-6-4-14(3)5-7-15)10-19(23)21-11-17-12-22(16-8-9-16)20(24)25-17/h4-7,10,13,16-17H,8-9,11-12H2,1-3H3,(H,21,23)/b18-10+. The highest BCUT2D eigenvalue weighted by molar-refractivity contribution is 5.95. The van der Waals surface area contributed by atoms with Crippen LogP contribution in [0.4, 0.5) is 4.79 Å². The Morgan fingerprint density at radius 2 is 2.00 bits per heavy atom. The van der Waals surface area contributed by atoms with E-state index in [4.69, 9.17) is 4.74 Å². The Kier molecular flexibility index (Phi) is 5.11. The fraction of sp³-hybridized carbons (Fsp3) is 0.500. The zero-order chi connectivity index (χ0) is 18.0. The number of aryl methyl sites for hydroxylation is 1. The van der Waals surface area contributed by atoms with E-state index in [1.54, 1.807) is 11.0 Å². The molecule has 3 rings (SSSR count). The van der Waals surface area contributed by atoms with Crippen molar-refractivity contribution in [3.63, 3.8) is 0 Å². The molecule has 1 aliphatic heterocycles. The molecule has 0 spiro atoms. The van der Waals surface area contributed by atoms with Gasteiger partial charge in [0, 0.05) is 12.1 Å². The van der Waals surface area contributed by atoms with Crippen LogP contribution in [-0.4, -0.2) is 42.1 Å². The second-order valence-electron chi connectivity index (χ2n) is 7.25. The lowest BCUT2D eigenvalue weighted by Gasteiger charge is -2.13. The number of benzene rings is 1. The number of carbonyl (C=O) groups is 2. The molecule has 1 unspecified atom stereocenters. The number of hydrogen-bond donors (Lipinski definition) is 1. The molecule has 0 bridgehead atoms. The highest BCUT2D eigenvalue weighted by Gasteiger charge is 2.40. The molecule has 0 aromatic heterocycles. The first kappa shape index (κ1) is 17.5. The van der Waals surface area contributed by atoms with E-state index in [2.05, 4.69) is 19.2 Å². The predicted molar refractivity (Wildman–Crippen MR) is 97.0 cm³/mol. The molecule has 1 saturated heterocycles. The van der Waals surface area contributed by atoms with Gasteiger partial charge < -0.3 is 15.0 Å². The molecule has 5 nitrogen and oxygen atoms in total. The first-order valence-electron chi connectivity index (χ1n) is 8.97. The molecule has 1 N–H and O–H groups in total. The minimum absolute atomic E-state index is 0.148. The Balaban J connectivity index is 1.58. The topological polar surface area (TPSA) is 58.6 Å². The van der Waals surface area contributed by atoms with Gasteiger partial charge in [-0.15, -0.1) is 0 Å². The average Bonchev–Trinajstić information content (AvgIpc) is 3.34. The Hall–Kier alpha value is -2.30. The first-order chi connectivity index (χ1) is 11.9. The Labute approximate surface area is 149 Å². The van der Waals surface area contributed by atoms with Crippen LogP contribution in [0.3, 0.4) is 0 Å². The third-order valence-electron chi connectivity index (χ3n) is 4.69. The van der Waals surface area contributed by atoms with Gasteiger partial charge in [0.2, 0.25) is 5.91 Å². The maximum Gasteiger partial charge on any atom is 0.410 e. The zero-order valence-corrected chi connectivity index (χ0v) is 15.1. The van der Waals surface area contributed by atoms with E-state index in [0.29, 0.717) is 19.1 Å². The summed E-state index contributed by atoms with van der Waals surface area (Å²) >= 11 is 0. The summed E-state index contributed by atoms with van der Waals surface area (Å²) in [4.78, 5) is 25.9.